The van der Waals surface area contributed by atoms with Crippen LogP contribution in [0, 0.1) is 0 Å². The van der Waals surface area contributed by atoms with E-state index in [2.05, 4.69) is 5.32 Å². The van der Waals surface area contributed by atoms with E-state index in [9.17, 15) is 20.1 Å². The van der Waals surface area contributed by atoms with Gasteiger partial charge in [0.15, 0.2) is 0 Å². The molecule has 7 heteroatoms. The number of nitrogens with one attached hydrogen (secondary N) is 1. The summed E-state index contributed by atoms with van der Waals surface area (Å²) < 4.78 is 0. The van der Waals surface area contributed by atoms with Crippen LogP contribution >= 0.6 is 11.3 Å². The van der Waals surface area contributed by atoms with Crippen molar-refractivity contribution in [1.29, 1.82) is 0 Å². The second-order valence-electron chi connectivity index (χ2n) is 7.41. The summed E-state index contributed by atoms with van der Waals surface area (Å²) in [6.45, 7) is 1.30. The van der Waals surface area contributed by atoms with Crippen LogP contribution < -0.4 is 5.32 Å². The van der Waals surface area contributed by atoms with E-state index in [0.717, 1.165) is 21.7 Å². The molecule has 4 N–H and O–H groups in total. The largest absolute Gasteiger partial charge is 0.388 e. The molecule has 1 aromatic carbocycles. The van der Waals surface area contributed by atoms with Crippen LogP contribution in [0.15, 0.2) is 35.7 Å². The number of hydrogen-bond donors (Lipinski definition) is 4. The van der Waals surface area contributed by atoms with Gasteiger partial charge in [0.05, 0.1) is 6.10 Å². The standard InChI is InChI=1S/C20H24N2O4S/c23-16(14-3-5-15-13(10-14)4-6-19(25)21-15)11-22-8-7-20(26,17(24)12-22)18-2-1-9-27-18/h1-3,5,9-10,16-17,23-24,26H,4,6-8,11-12H2,(H,21,25)/t16-,17+,20-/m1/s1. The number of β-amino-alcohol motifs (C(OH)–C–C–N with tert-alkyl or cyclic N) is 2. The molecule has 2 aliphatic rings. The number of fused-ring (bicyclic) bond motifs is 1. The van der Waals surface area contributed by atoms with Crippen LogP contribution in [0.25, 0.3) is 0 Å². The van der Waals surface area contributed by atoms with Crippen LogP contribution in [-0.4, -0.2) is 51.9 Å². The Hall–Kier alpha value is -1.77. The van der Waals surface area contributed by atoms with E-state index in [1.165, 1.54) is 11.3 Å². The fraction of sp³-hybridized carbons (Fsp3) is 0.450. The highest BCUT2D eigenvalue weighted by Gasteiger charge is 2.43. The number of carbonyl (C=O) groups is 1. The Morgan fingerprint density at radius 1 is 1.33 bits per heavy atom. The minimum atomic E-state index is -1.21. The van der Waals surface area contributed by atoms with Crippen molar-refractivity contribution in [3.05, 3.63) is 51.7 Å². The fourth-order valence-electron chi connectivity index (χ4n) is 3.92. The van der Waals surface area contributed by atoms with Crippen molar-refractivity contribution in [2.24, 2.45) is 0 Å². The monoisotopic (exact) mass is 388 g/mol. The topological polar surface area (TPSA) is 93.0 Å². The number of carbonyl (C=O) groups excluding carboxylic acids is 1. The van der Waals surface area contributed by atoms with Gasteiger partial charge in [0, 0.05) is 36.6 Å². The van der Waals surface area contributed by atoms with Crippen LogP contribution in [0.4, 0.5) is 5.69 Å². The number of nitrogens with zero attached hydrogens (tertiary/aromatic N) is 1. The number of aryl methyl sites for hydroxylation is 1. The Morgan fingerprint density at radius 2 is 2.19 bits per heavy atom. The lowest BCUT2D eigenvalue weighted by Gasteiger charge is -2.42. The number of piperidine rings is 1. The molecule has 3 heterocycles. The maximum absolute atomic E-state index is 11.5. The van der Waals surface area contributed by atoms with Crippen molar-refractivity contribution in [1.82, 2.24) is 4.90 Å². The first-order valence-electron chi connectivity index (χ1n) is 9.23. The minimum Gasteiger partial charge on any atom is -0.388 e. The molecule has 0 aliphatic carbocycles. The molecule has 27 heavy (non-hydrogen) atoms. The maximum Gasteiger partial charge on any atom is 0.224 e. The van der Waals surface area contributed by atoms with Gasteiger partial charge in [0.1, 0.15) is 11.7 Å². The van der Waals surface area contributed by atoms with E-state index in [1.54, 1.807) is 0 Å². The predicted molar refractivity (Wildman–Crippen MR) is 104 cm³/mol. The molecule has 2 aromatic rings. The first kappa shape index (κ1) is 18.6. The molecule has 2 aliphatic heterocycles. The van der Waals surface area contributed by atoms with Gasteiger partial charge in [-0.05, 0) is 41.5 Å². The van der Waals surface area contributed by atoms with Gasteiger partial charge < -0.3 is 20.6 Å². The molecule has 4 rings (SSSR count). The average molecular weight is 388 g/mol. The summed E-state index contributed by atoms with van der Waals surface area (Å²) in [5, 5.41) is 36.8. The van der Waals surface area contributed by atoms with E-state index in [1.807, 2.05) is 40.6 Å². The summed E-state index contributed by atoms with van der Waals surface area (Å²) in [6.07, 6.45) is -0.00850. The molecule has 1 saturated heterocycles. The molecule has 0 radical (unpaired) electrons. The zero-order valence-electron chi connectivity index (χ0n) is 15.0. The molecular weight excluding hydrogens is 364 g/mol. The van der Waals surface area contributed by atoms with Crippen molar-refractivity contribution < 1.29 is 20.1 Å². The summed E-state index contributed by atoms with van der Waals surface area (Å²) in [5.74, 6) is 0.0244. The van der Waals surface area contributed by atoms with Gasteiger partial charge in [0.25, 0.3) is 0 Å². The van der Waals surface area contributed by atoms with Crippen LogP contribution in [-0.2, 0) is 16.8 Å². The molecule has 0 spiro atoms. The molecule has 1 amide bonds. The minimum absolute atomic E-state index is 0.0244. The fourth-order valence-corrected chi connectivity index (χ4v) is 4.82. The zero-order valence-corrected chi connectivity index (χ0v) is 15.8. The average Bonchev–Trinajstić information content (AvgIpc) is 3.20. The first-order chi connectivity index (χ1) is 13.0. The smallest absolute Gasteiger partial charge is 0.224 e. The number of aliphatic hydroxyl groups excluding tert-OH is 2. The quantitative estimate of drug-likeness (QED) is 0.639. The van der Waals surface area contributed by atoms with Gasteiger partial charge in [-0.2, -0.15) is 0 Å². The van der Waals surface area contributed by atoms with E-state index in [-0.39, 0.29) is 5.91 Å². The van der Waals surface area contributed by atoms with Crippen molar-refractivity contribution in [3.63, 3.8) is 0 Å². The Kier molecular flexibility index (Phi) is 5.05. The van der Waals surface area contributed by atoms with Crippen LogP contribution in [0.5, 0.6) is 0 Å². The van der Waals surface area contributed by atoms with E-state index in [4.69, 9.17) is 0 Å². The number of anilines is 1. The normalized spacial score (nSPS) is 27.1. The molecule has 0 bridgehead atoms. The van der Waals surface area contributed by atoms with Gasteiger partial charge >= 0.3 is 0 Å². The van der Waals surface area contributed by atoms with Crippen LogP contribution in [0.3, 0.4) is 0 Å². The van der Waals surface area contributed by atoms with E-state index < -0.39 is 17.8 Å². The Balaban J connectivity index is 1.41. The summed E-state index contributed by atoms with van der Waals surface area (Å²) in [5.41, 5.74) is 1.45. The summed E-state index contributed by atoms with van der Waals surface area (Å²) in [6, 6.07) is 9.34. The van der Waals surface area contributed by atoms with Crippen molar-refractivity contribution >= 4 is 22.9 Å². The van der Waals surface area contributed by atoms with Gasteiger partial charge in [-0.3, -0.25) is 9.69 Å². The lowest BCUT2D eigenvalue weighted by Crippen LogP contribution is -2.53. The summed E-state index contributed by atoms with van der Waals surface area (Å²) >= 11 is 1.45. The van der Waals surface area contributed by atoms with Crippen LogP contribution in [0.1, 0.15) is 34.9 Å². The zero-order chi connectivity index (χ0) is 19.0. The predicted octanol–water partition coefficient (Wildman–Crippen LogP) is 1.62. The van der Waals surface area contributed by atoms with Crippen molar-refractivity contribution in [2.75, 3.05) is 25.0 Å². The third-order valence-electron chi connectivity index (χ3n) is 5.58. The second-order valence-corrected chi connectivity index (χ2v) is 8.36. The molecule has 1 aromatic heterocycles. The number of thiophene rings is 1. The number of aliphatic hydroxyl groups is 3. The first-order valence-corrected chi connectivity index (χ1v) is 10.1. The third-order valence-corrected chi connectivity index (χ3v) is 6.62. The van der Waals surface area contributed by atoms with Crippen molar-refractivity contribution in [3.8, 4) is 0 Å². The second kappa shape index (κ2) is 7.33. The number of likely N-dealkylation sites (tertiary alicyclic amines) is 1. The third kappa shape index (κ3) is 3.66. The highest BCUT2D eigenvalue weighted by Crippen LogP contribution is 2.36. The highest BCUT2D eigenvalue weighted by molar-refractivity contribution is 7.10. The number of hydrogen-bond acceptors (Lipinski definition) is 6. The molecule has 3 atom stereocenters. The van der Waals surface area contributed by atoms with E-state index >= 15 is 0 Å². The van der Waals surface area contributed by atoms with Gasteiger partial charge in [-0.25, -0.2) is 0 Å². The number of benzene rings is 1. The molecule has 6 nitrogen and oxygen atoms in total. The Morgan fingerprint density at radius 3 is 2.93 bits per heavy atom. The summed E-state index contributed by atoms with van der Waals surface area (Å²) in [4.78, 5) is 14.2. The molecule has 0 saturated carbocycles. The van der Waals surface area contributed by atoms with E-state index in [0.29, 0.717) is 38.9 Å². The lowest BCUT2D eigenvalue weighted by atomic mass is 9.87. The molecule has 1 fully saturated rings. The van der Waals surface area contributed by atoms with Gasteiger partial charge in [0.2, 0.25) is 5.91 Å². The summed E-state index contributed by atoms with van der Waals surface area (Å²) in [7, 11) is 0. The Labute approximate surface area is 162 Å². The maximum atomic E-state index is 11.5. The Bertz CT molecular complexity index is 825. The van der Waals surface area contributed by atoms with Gasteiger partial charge in [-0.15, -0.1) is 11.3 Å². The SMILES string of the molecule is O=C1CCc2cc([C@H](O)CN3CC[C@](O)(c4cccs4)[C@@H](O)C3)ccc2N1. The highest BCUT2D eigenvalue weighted by atomic mass is 32.1. The van der Waals surface area contributed by atoms with Gasteiger partial charge in [-0.1, -0.05) is 18.2 Å². The number of amides is 1. The number of rotatable bonds is 4. The van der Waals surface area contributed by atoms with Crippen molar-refractivity contribution in [2.45, 2.75) is 37.1 Å². The molecule has 144 valence electrons. The van der Waals surface area contributed by atoms with Crippen LogP contribution in [0.2, 0.25) is 0 Å². The molecular formula is C20H24N2O4S. The lowest BCUT2D eigenvalue weighted by molar-refractivity contribution is -0.126. The molecule has 0 unspecified atom stereocenters.